The van der Waals surface area contributed by atoms with Crippen LogP contribution in [0.25, 0.3) is 11.1 Å². The van der Waals surface area contributed by atoms with Gasteiger partial charge in [0.25, 0.3) is 5.69 Å². The third-order valence-electron chi connectivity index (χ3n) is 2.55. The fraction of sp³-hybridized carbons (Fsp3) is 0.167. The topological polar surface area (TPSA) is 69.2 Å². The van der Waals surface area contributed by atoms with Crippen molar-refractivity contribution in [2.45, 2.75) is 13.3 Å². The standard InChI is InChI=1S/C12H12N2O2S/c1-2-10-7-11(12(13)17-10)8-3-5-9(6-4-8)14(15)16/h3-7H,2,13H2,1H3. The number of nitrogen functional groups attached to an aromatic ring is 1. The molecule has 0 fully saturated rings. The Balaban J connectivity index is 2.39. The first-order valence-corrected chi connectivity index (χ1v) is 6.06. The highest BCUT2D eigenvalue weighted by molar-refractivity contribution is 7.16. The van der Waals surface area contributed by atoms with Gasteiger partial charge >= 0.3 is 0 Å². The largest absolute Gasteiger partial charge is 0.390 e. The van der Waals surface area contributed by atoms with Crippen molar-refractivity contribution >= 4 is 22.0 Å². The van der Waals surface area contributed by atoms with E-state index in [1.54, 1.807) is 23.5 Å². The predicted molar refractivity (Wildman–Crippen MR) is 70.2 cm³/mol. The number of nitrogens with two attached hydrogens (primary N) is 1. The minimum absolute atomic E-state index is 0.0956. The van der Waals surface area contributed by atoms with Crippen LogP contribution in [0.2, 0.25) is 0 Å². The van der Waals surface area contributed by atoms with Crippen LogP contribution in [0.4, 0.5) is 10.7 Å². The number of rotatable bonds is 3. The molecule has 0 unspecified atom stereocenters. The van der Waals surface area contributed by atoms with Crippen LogP contribution in [0.5, 0.6) is 0 Å². The van der Waals surface area contributed by atoms with E-state index in [9.17, 15) is 10.1 Å². The van der Waals surface area contributed by atoms with E-state index in [0.717, 1.165) is 22.5 Å². The van der Waals surface area contributed by atoms with Crippen molar-refractivity contribution in [3.63, 3.8) is 0 Å². The molecular formula is C12H12N2O2S. The summed E-state index contributed by atoms with van der Waals surface area (Å²) in [4.78, 5) is 11.4. The first-order valence-electron chi connectivity index (χ1n) is 5.25. The van der Waals surface area contributed by atoms with Gasteiger partial charge in [-0.3, -0.25) is 10.1 Å². The lowest BCUT2D eigenvalue weighted by Gasteiger charge is -1.99. The van der Waals surface area contributed by atoms with E-state index in [1.807, 2.05) is 6.07 Å². The lowest BCUT2D eigenvalue weighted by atomic mass is 10.1. The average Bonchev–Trinajstić information content (AvgIpc) is 2.71. The number of nitrogens with zero attached hydrogens (tertiary/aromatic N) is 1. The summed E-state index contributed by atoms with van der Waals surface area (Å²) in [7, 11) is 0. The molecule has 88 valence electrons. The average molecular weight is 248 g/mol. The highest BCUT2D eigenvalue weighted by atomic mass is 32.1. The van der Waals surface area contributed by atoms with Crippen molar-refractivity contribution in [1.29, 1.82) is 0 Å². The Morgan fingerprint density at radius 3 is 2.47 bits per heavy atom. The maximum atomic E-state index is 10.5. The minimum atomic E-state index is -0.405. The fourth-order valence-electron chi connectivity index (χ4n) is 1.62. The number of hydrogen-bond acceptors (Lipinski definition) is 4. The van der Waals surface area contributed by atoms with Crippen LogP contribution in [0.3, 0.4) is 0 Å². The molecule has 0 atom stereocenters. The van der Waals surface area contributed by atoms with E-state index in [4.69, 9.17) is 5.73 Å². The van der Waals surface area contributed by atoms with E-state index < -0.39 is 4.92 Å². The van der Waals surface area contributed by atoms with Gasteiger partial charge < -0.3 is 5.73 Å². The first-order chi connectivity index (χ1) is 8.11. The highest BCUT2D eigenvalue weighted by Gasteiger charge is 2.09. The molecule has 17 heavy (non-hydrogen) atoms. The summed E-state index contributed by atoms with van der Waals surface area (Å²) in [5.74, 6) is 0. The summed E-state index contributed by atoms with van der Waals surface area (Å²) in [5, 5.41) is 11.3. The van der Waals surface area contributed by atoms with E-state index in [2.05, 4.69) is 6.92 Å². The van der Waals surface area contributed by atoms with Crippen LogP contribution in [-0.4, -0.2) is 4.92 Å². The fourth-order valence-corrected chi connectivity index (χ4v) is 2.51. The van der Waals surface area contributed by atoms with Gasteiger partial charge in [0.05, 0.1) is 9.92 Å². The lowest BCUT2D eigenvalue weighted by Crippen LogP contribution is -1.88. The minimum Gasteiger partial charge on any atom is -0.390 e. The van der Waals surface area contributed by atoms with Crippen molar-refractivity contribution in [2.24, 2.45) is 0 Å². The quantitative estimate of drug-likeness (QED) is 0.668. The SMILES string of the molecule is CCc1cc(-c2ccc([N+](=O)[O-])cc2)c(N)s1. The van der Waals surface area contributed by atoms with E-state index >= 15 is 0 Å². The van der Waals surface area contributed by atoms with Crippen molar-refractivity contribution in [3.05, 3.63) is 45.3 Å². The van der Waals surface area contributed by atoms with Gasteiger partial charge in [0.15, 0.2) is 0 Å². The van der Waals surface area contributed by atoms with Gasteiger partial charge in [-0.05, 0) is 30.2 Å². The number of anilines is 1. The molecule has 2 N–H and O–H groups in total. The molecule has 2 rings (SSSR count). The molecule has 0 amide bonds. The number of aryl methyl sites for hydroxylation is 1. The molecule has 0 aliphatic rings. The zero-order valence-electron chi connectivity index (χ0n) is 9.34. The first kappa shape index (κ1) is 11.6. The molecule has 0 radical (unpaired) electrons. The number of thiophene rings is 1. The number of nitro groups is 1. The Labute approximate surface area is 103 Å². The Kier molecular flexibility index (Phi) is 3.10. The molecule has 1 aromatic heterocycles. The molecule has 0 bridgehead atoms. The molecule has 4 nitrogen and oxygen atoms in total. The van der Waals surface area contributed by atoms with Crippen LogP contribution in [0.1, 0.15) is 11.8 Å². The molecule has 5 heteroatoms. The van der Waals surface area contributed by atoms with Crippen LogP contribution >= 0.6 is 11.3 Å². The van der Waals surface area contributed by atoms with Crippen molar-refractivity contribution in [3.8, 4) is 11.1 Å². The Hall–Kier alpha value is -1.88. The summed E-state index contributed by atoms with van der Waals surface area (Å²) in [6, 6.07) is 8.50. The van der Waals surface area contributed by atoms with Crippen LogP contribution < -0.4 is 5.73 Å². The van der Waals surface area contributed by atoms with Crippen molar-refractivity contribution in [2.75, 3.05) is 5.73 Å². The molecule has 0 aliphatic carbocycles. The van der Waals surface area contributed by atoms with Gasteiger partial charge in [-0.25, -0.2) is 0 Å². The second kappa shape index (κ2) is 4.55. The Bertz CT molecular complexity index is 546. The van der Waals surface area contributed by atoms with Gasteiger partial charge in [0.2, 0.25) is 0 Å². The Morgan fingerprint density at radius 1 is 1.35 bits per heavy atom. The smallest absolute Gasteiger partial charge is 0.269 e. The van der Waals surface area contributed by atoms with E-state index in [1.165, 1.54) is 17.0 Å². The highest BCUT2D eigenvalue weighted by Crippen LogP contribution is 2.34. The Morgan fingerprint density at radius 2 is 2.00 bits per heavy atom. The maximum Gasteiger partial charge on any atom is 0.269 e. The van der Waals surface area contributed by atoms with Gasteiger partial charge in [0, 0.05) is 22.6 Å². The lowest BCUT2D eigenvalue weighted by molar-refractivity contribution is -0.384. The van der Waals surface area contributed by atoms with Gasteiger partial charge in [-0.1, -0.05) is 6.92 Å². The number of benzene rings is 1. The normalized spacial score (nSPS) is 10.4. The number of hydrogen-bond donors (Lipinski definition) is 1. The summed E-state index contributed by atoms with van der Waals surface area (Å²) >= 11 is 1.56. The zero-order chi connectivity index (χ0) is 12.4. The third kappa shape index (κ3) is 2.29. The van der Waals surface area contributed by atoms with Crippen molar-refractivity contribution < 1.29 is 4.92 Å². The van der Waals surface area contributed by atoms with Gasteiger partial charge in [0.1, 0.15) is 0 Å². The number of nitro benzene ring substituents is 1. The molecule has 0 saturated heterocycles. The molecule has 1 heterocycles. The van der Waals surface area contributed by atoms with Gasteiger partial charge in [-0.2, -0.15) is 0 Å². The van der Waals surface area contributed by atoms with E-state index in [-0.39, 0.29) is 5.69 Å². The number of non-ortho nitro benzene ring substituents is 1. The predicted octanol–water partition coefficient (Wildman–Crippen LogP) is 3.47. The summed E-state index contributed by atoms with van der Waals surface area (Å²) in [6.45, 7) is 2.07. The van der Waals surface area contributed by atoms with Gasteiger partial charge in [-0.15, -0.1) is 11.3 Å². The monoisotopic (exact) mass is 248 g/mol. The van der Waals surface area contributed by atoms with Crippen LogP contribution in [0, 0.1) is 10.1 Å². The third-order valence-corrected chi connectivity index (χ3v) is 3.66. The molecule has 0 aliphatic heterocycles. The van der Waals surface area contributed by atoms with Crippen LogP contribution in [0.15, 0.2) is 30.3 Å². The molecule has 2 aromatic rings. The molecule has 0 spiro atoms. The summed E-state index contributed by atoms with van der Waals surface area (Å²) in [5.41, 5.74) is 7.91. The maximum absolute atomic E-state index is 10.5. The summed E-state index contributed by atoms with van der Waals surface area (Å²) < 4.78 is 0. The zero-order valence-corrected chi connectivity index (χ0v) is 10.2. The second-order valence-electron chi connectivity index (χ2n) is 3.65. The summed E-state index contributed by atoms with van der Waals surface area (Å²) in [6.07, 6.45) is 0.946. The molecule has 0 saturated carbocycles. The molecule has 1 aromatic carbocycles. The van der Waals surface area contributed by atoms with Crippen LogP contribution in [-0.2, 0) is 6.42 Å². The second-order valence-corrected chi connectivity index (χ2v) is 4.82. The van der Waals surface area contributed by atoms with Crippen molar-refractivity contribution in [1.82, 2.24) is 0 Å². The van der Waals surface area contributed by atoms with E-state index in [0.29, 0.717) is 0 Å². The molecular weight excluding hydrogens is 236 g/mol.